The topological polar surface area (TPSA) is 67.4 Å². The third kappa shape index (κ3) is 2.77. The van der Waals surface area contributed by atoms with Crippen molar-refractivity contribution in [2.45, 2.75) is 12.6 Å². The first kappa shape index (κ1) is 19.4. The van der Waals surface area contributed by atoms with Gasteiger partial charge in [-0.1, -0.05) is 48.5 Å². The Bertz CT molecular complexity index is 1410. The van der Waals surface area contributed by atoms with Crippen LogP contribution in [0.3, 0.4) is 0 Å². The molecule has 1 aliphatic rings. The van der Waals surface area contributed by atoms with Gasteiger partial charge in [0.1, 0.15) is 11.9 Å². The molecule has 1 atom stereocenters. The number of nitrogens with zero attached hydrogens (tertiary/aromatic N) is 3. The first-order valence-corrected chi connectivity index (χ1v) is 10.2. The Morgan fingerprint density at radius 3 is 2.42 bits per heavy atom. The van der Waals surface area contributed by atoms with Crippen LogP contribution in [0.25, 0.3) is 22.2 Å². The van der Waals surface area contributed by atoms with Crippen LogP contribution in [0, 0.1) is 0 Å². The van der Waals surface area contributed by atoms with Crippen molar-refractivity contribution < 1.29 is 9.47 Å². The van der Waals surface area contributed by atoms with Crippen molar-refractivity contribution >= 4 is 10.9 Å². The zero-order valence-electron chi connectivity index (χ0n) is 17.7. The first-order valence-electron chi connectivity index (χ1n) is 10.2. The van der Waals surface area contributed by atoms with E-state index in [1.807, 2.05) is 54.6 Å². The van der Waals surface area contributed by atoms with E-state index in [4.69, 9.17) is 9.47 Å². The summed E-state index contributed by atoms with van der Waals surface area (Å²) in [4.78, 5) is 26.2. The Morgan fingerprint density at radius 2 is 1.68 bits per heavy atom. The summed E-state index contributed by atoms with van der Waals surface area (Å²) in [7, 11) is 4.84. The highest BCUT2D eigenvalue weighted by Crippen LogP contribution is 2.42. The highest BCUT2D eigenvalue weighted by atomic mass is 16.5. The minimum absolute atomic E-state index is 0.308. The van der Waals surface area contributed by atoms with Gasteiger partial charge in [0.25, 0.3) is 5.56 Å². The number of benzene rings is 2. The Balaban J connectivity index is 1.96. The number of aryl methyl sites for hydroxylation is 1. The molecule has 158 valence electrons. The molecule has 0 bridgehead atoms. The van der Waals surface area contributed by atoms with Crippen molar-refractivity contribution in [3.05, 3.63) is 86.7 Å². The van der Waals surface area contributed by atoms with Crippen LogP contribution in [0.2, 0.25) is 0 Å². The molecule has 0 fully saturated rings. The molecule has 31 heavy (non-hydrogen) atoms. The quantitative estimate of drug-likeness (QED) is 0.514. The van der Waals surface area contributed by atoms with Gasteiger partial charge in [0, 0.05) is 26.2 Å². The maximum Gasteiger partial charge on any atom is 0.331 e. The minimum Gasteiger partial charge on any atom is -0.496 e. The number of rotatable bonds is 3. The molecule has 0 saturated heterocycles. The maximum absolute atomic E-state index is 13.4. The van der Waals surface area contributed by atoms with E-state index in [2.05, 4.69) is 4.57 Å². The summed E-state index contributed by atoms with van der Waals surface area (Å²) < 4.78 is 16.7. The average molecular weight is 417 g/mol. The standard InChI is InChI=1S/C24H23N3O4/c1-25-20-18(23(28)26(2)24(25)29)19(15-9-5-4-6-10-15)27-13-14-31-22(21(20)27)16-11-7-8-12-17(16)30-3/h4-12,22H,13-14H2,1-3H3/t22-/m1/s1. The van der Waals surface area contributed by atoms with Crippen LogP contribution in [0.1, 0.15) is 17.4 Å². The van der Waals surface area contributed by atoms with E-state index in [0.717, 1.165) is 22.5 Å². The van der Waals surface area contributed by atoms with E-state index in [1.165, 1.54) is 11.6 Å². The van der Waals surface area contributed by atoms with E-state index < -0.39 is 6.10 Å². The lowest BCUT2D eigenvalue weighted by Gasteiger charge is -2.28. The molecule has 0 N–H and O–H groups in total. The van der Waals surface area contributed by atoms with Gasteiger partial charge >= 0.3 is 5.69 Å². The van der Waals surface area contributed by atoms with E-state index in [0.29, 0.717) is 29.8 Å². The van der Waals surface area contributed by atoms with Crippen molar-refractivity contribution in [2.75, 3.05) is 13.7 Å². The number of hydrogen-bond acceptors (Lipinski definition) is 4. The van der Waals surface area contributed by atoms with E-state index in [9.17, 15) is 9.59 Å². The zero-order chi connectivity index (χ0) is 21.7. The van der Waals surface area contributed by atoms with Crippen molar-refractivity contribution in [3.63, 3.8) is 0 Å². The second kappa shape index (κ2) is 7.28. The van der Waals surface area contributed by atoms with Gasteiger partial charge in [0.15, 0.2) is 0 Å². The van der Waals surface area contributed by atoms with Gasteiger partial charge in [-0.3, -0.25) is 13.9 Å². The minimum atomic E-state index is -0.470. The molecule has 0 saturated carbocycles. The van der Waals surface area contributed by atoms with Crippen molar-refractivity contribution in [3.8, 4) is 17.0 Å². The highest BCUT2D eigenvalue weighted by Gasteiger charge is 2.34. The molecule has 2 aromatic carbocycles. The number of aromatic nitrogens is 3. The molecule has 0 amide bonds. The monoisotopic (exact) mass is 417 g/mol. The van der Waals surface area contributed by atoms with Gasteiger partial charge in [0.2, 0.25) is 0 Å². The lowest BCUT2D eigenvalue weighted by Crippen LogP contribution is -2.37. The summed E-state index contributed by atoms with van der Waals surface area (Å²) in [5, 5.41) is 0.524. The van der Waals surface area contributed by atoms with E-state index >= 15 is 0 Å². The second-order valence-corrected chi connectivity index (χ2v) is 7.67. The number of fused-ring (bicyclic) bond motifs is 3. The third-order valence-electron chi connectivity index (χ3n) is 6.02. The Labute approximate surface area is 178 Å². The average Bonchev–Trinajstić information content (AvgIpc) is 3.17. The first-order chi connectivity index (χ1) is 15.0. The summed E-state index contributed by atoms with van der Waals surface area (Å²) in [6, 6.07) is 17.5. The fourth-order valence-corrected chi connectivity index (χ4v) is 4.60. The lowest BCUT2D eigenvalue weighted by atomic mass is 10.0. The normalized spacial score (nSPS) is 15.8. The number of ether oxygens (including phenoxy) is 2. The van der Waals surface area contributed by atoms with Crippen LogP contribution in [0.4, 0.5) is 0 Å². The van der Waals surface area contributed by atoms with Gasteiger partial charge in [-0.25, -0.2) is 4.79 Å². The van der Waals surface area contributed by atoms with E-state index in [1.54, 1.807) is 18.7 Å². The number of hydrogen-bond donors (Lipinski definition) is 0. The van der Waals surface area contributed by atoms with Gasteiger partial charge in [0.05, 0.1) is 36.0 Å². The van der Waals surface area contributed by atoms with Crippen LogP contribution in [-0.2, 0) is 25.4 Å². The van der Waals surface area contributed by atoms with Crippen molar-refractivity contribution in [2.24, 2.45) is 14.1 Å². The SMILES string of the molecule is COc1ccccc1[C@H]1OCCn2c(-c3ccccc3)c3c(=O)n(C)c(=O)n(C)c3c21. The molecule has 0 aliphatic carbocycles. The molecule has 0 unspecified atom stereocenters. The number of methoxy groups -OCH3 is 1. The lowest BCUT2D eigenvalue weighted by molar-refractivity contribution is 0.0464. The summed E-state index contributed by atoms with van der Waals surface area (Å²) in [5.74, 6) is 0.699. The molecule has 7 nitrogen and oxygen atoms in total. The summed E-state index contributed by atoms with van der Waals surface area (Å²) in [6.07, 6.45) is -0.470. The molecular weight excluding hydrogens is 394 g/mol. The molecular formula is C24H23N3O4. The Kier molecular flexibility index (Phi) is 4.55. The predicted molar refractivity (Wildman–Crippen MR) is 119 cm³/mol. The van der Waals surface area contributed by atoms with E-state index in [-0.39, 0.29) is 11.2 Å². The summed E-state index contributed by atoms with van der Waals surface area (Å²) >= 11 is 0. The second-order valence-electron chi connectivity index (χ2n) is 7.67. The van der Waals surface area contributed by atoms with Gasteiger partial charge in [-0.2, -0.15) is 0 Å². The maximum atomic E-state index is 13.4. The molecule has 5 rings (SSSR count). The van der Waals surface area contributed by atoms with Crippen LogP contribution >= 0.6 is 0 Å². The van der Waals surface area contributed by atoms with Crippen LogP contribution in [0.15, 0.2) is 64.2 Å². The van der Waals surface area contributed by atoms with Gasteiger partial charge in [-0.05, 0) is 11.6 Å². The Hall–Kier alpha value is -3.58. The fraction of sp³-hybridized carbons (Fsp3) is 0.250. The smallest absolute Gasteiger partial charge is 0.331 e. The molecule has 7 heteroatoms. The molecule has 0 radical (unpaired) electrons. The number of para-hydroxylation sites is 1. The van der Waals surface area contributed by atoms with Crippen LogP contribution < -0.4 is 16.0 Å². The summed E-state index contributed by atoms with van der Waals surface area (Å²) in [6.45, 7) is 1.06. The molecule has 1 aliphatic heterocycles. The summed E-state index contributed by atoms with van der Waals surface area (Å²) in [5.41, 5.74) is 3.32. The molecule has 0 spiro atoms. The predicted octanol–water partition coefficient (Wildman–Crippen LogP) is 2.83. The highest BCUT2D eigenvalue weighted by molar-refractivity contribution is 5.96. The van der Waals surface area contributed by atoms with Crippen molar-refractivity contribution in [1.29, 1.82) is 0 Å². The van der Waals surface area contributed by atoms with Crippen molar-refractivity contribution in [1.82, 2.24) is 13.7 Å². The zero-order valence-corrected chi connectivity index (χ0v) is 17.7. The third-order valence-corrected chi connectivity index (χ3v) is 6.02. The van der Waals surface area contributed by atoms with Crippen LogP contribution in [-0.4, -0.2) is 27.4 Å². The molecule has 3 heterocycles. The Morgan fingerprint density at radius 1 is 0.968 bits per heavy atom. The molecule has 4 aromatic rings. The largest absolute Gasteiger partial charge is 0.496 e. The van der Waals surface area contributed by atoms with Gasteiger partial charge in [-0.15, -0.1) is 0 Å². The van der Waals surface area contributed by atoms with Crippen LogP contribution in [0.5, 0.6) is 5.75 Å². The van der Waals surface area contributed by atoms with Gasteiger partial charge < -0.3 is 14.0 Å². The molecule has 2 aromatic heterocycles. The fourth-order valence-electron chi connectivity index (χ4n) is 4.60.